The Bertz CT molecular complexity index is 542. The van der Waals surface area contributed by atoms with Crippen LogP contribution in [0.15, 0.2) is 0 Å². The van der Waals surface area contributed by atoms with Gasteiger partial charge in [0.2, 0.25) is 0 Å². The predicted molar refractivity (Wildman–Crippen MR) is 106 cm³/mol. The predicted octanol–water partition coefficient (Wildman–Crippen LogP) is 6.54. The Balaban J connectivity index is 1.52. The highest BCUT2D eigenvalue weighted by molar-refractivity contribution is 5.66. The number of fused-ring (bicyclic) bond motifs is 5. The minimum atomic E-state index is -0.621. The van der Waals surface area contributed by atoms with Crippen molar-refractivity contribution in [2.24, 2.45) is 46.3 Å². The molecule has 4 aliphatic rings. The van der Waals surface area contributed by atoms with Gasteiger partial charge in [-0.25, -0.2) is 0 Å². The molecule has 0 radical (unpaired) electrons. The SMILES string of the molecule is C[C@@H](CCC(=O)O)[C@@H]1CC[C@@H]2[C@H]3CC[C@H]4CCCC[C@]4(C)[C@@H]3CC[C@@]21C. The number of carbonyl (C=O) groups is 1. The van der Waals surface area contributed by atoms with E-state index < -0.39 is 5.97 Å². The van der Waals surface area contributed by atoms with Crippen molar-refractivity contribution in [3.05, 3.63) is 0 Å². The largest absolute Gasteiger partial charge is 0.481 e. The quantitative estimate of drug-likeness (QED) is 0.618. The minimum Gasteiger partial charge on any atom is -0.481 e. The molecule has 0 aromatic carbocycles. The molecule has 0 unspecified atom stereocenters. The van der Waals surface area contributed by atoms with Gasteiger partial charge in [-0.1, -0.05) is 33.6 Å². The summed E-state index contributed by atoms with van der Waals surface area (Å²) in [5, 5.41) is 9.09. The van der Waals surface area contributed by atoms with Gasteiger partial charge in [0.15, 0.2) is 0 Å². The monoisotopic (exact) mass is 360 g/mol. The first-order valence-electron chi connectivity index (χ1n) is 11.6. The zero-order valence-corrected chi connectivity index (χ0v) is 17.3. The van der Waals surface area contributed by atoms with E-state index in [-0.39, 0.29) is 0 Å². The van der Waals surface area contributed by atoms with Gasteiger partial charge in [0.25, 0.3) is 0 Å². The molecule has 4 fully saturated rings. The molecule has 0 bridgehead atoms. The Morgan fingerprint density at radius 1 is 0.962 bits per heavy atom. The fourth-order valence-electron chi connectivity index (χ4n) is 8.82. The molecular formula is C24H40O2. The van der Waals surface area contributed by atoms with Crippen molar-refractivity contribution in [3.63, 3.8) is 0 Å². The maximum absolute atomic E-state index is 11.0. The maximum Gasteiger partial charge on any atom is 0.303 e. The van der Waals surface area contributed by atoms with Crippen molar-refractivity contribution in [1.29, 1.82) is 0 Å². The number of rotatable bonds is 4. The molecule has 0 spiro atoms. The van der Waals surface area contributed by atoms with Crippen LogP contribution in [0.1, 0.15) is 97.8 Å². The van der Waals surface area contributed by atoms with Crippen molar-refractivity contribution in [1.82, 2.24) is 0 Å². The maximum atomic E-state index is 11.0. The van der Waals surface area contributed by atoms with E-state index in [9.17, 15) is 4.79 Å². The van der Waals surface area contributed by atoms with Gasteiger partial charge in [-0.3, -0.25) is 4.79 Å². The number of hydrogen-bond donors (Lipinski definition) is 1. The van der Waals surface area contributed by atoms with Gasteiger partial charge in [0.05, 0.1) is 0 Å². The van der Waals surface area contributed by atoms with Crippen LogP contribution in [-0.2, 0) is 4.79 Å². The van der Waals surface area contributed by atoms with Gasteiger partial charge in [-0.05, 0) is 104 Å². The third kappa shape index (κ3) is 2.85. The molecule has 4 aliphatic carbocycles. The van der Waals surface area contributed by atoms with Crippen molar-refractivity contribution < 1.29 is 9.90 Å². The number of hydrogen-bond acceptors (Lipinski definition) is 1. The average molecular weight is 361 g/mol. The number of carboxylic acid groups (broad SMARTS) is 1. The zero-order valence-electron chi connectivity index (χ0n) is 17.3. The fourth-order valence-corrected chi connectivity index (χ4v) is 8.82. The van der Waals surface area contributed by atoms with Crippen LogP contribution in [0.3, 0.4) is 0 Å². The molecular weight excluding hydrogens is 320 g/mol. The smallest absolute Gasteiger partial charge is 0.303 e. The minimum absolute atomic E-state index is 0.351. The Kier molecular flexibility index (Phi) is 4.93. The summed E-state index contributed by atoms with van der Waals surface area (Å²) in [6.07, 6.45) is 15.7. The lowest BCUT2D eigenvalue weighted by Crippen LogP contribution is -2.53. The van der Waals surface area contributed by atoms with Gasteiger partial charge in [-0.15, -0.1) is 0 Å². The van der Waals surface area contributed by atoms with Gasteiger partial charge < -0.3 is 5.11 Å². The third-order valence-corrected chi connectivity index (χ3v) is 10.2. The molecule has 4 rings (SSSR count). The van der Waals surface area contributed by atoms with E-state index in [2.05, 4.69) is 20.8 Å². The molecule has 0 saturated heterocycles. The molecule has 2 heteroatoms. The van der Waals surface area contributed by atoms with Crippen LogP contribution in [0.5, 0.6) is 0 Å². The van der Waals surface area contributed by atoms with E-state index in [4.69, 9.17) is 5.11 Å². The lowest BCUT2D eigenvalue weighted by molar-refractivity contribution is -0.137. The van der Waals surface area contributed by atoms with Crippen molar-refractivity contribution in [3.8, 4) is 0 Å². The second-order valence-corrected chi connectivity index (χ2v) is 11.0. The van der Waals surface area contributed by atoms with Gasteiger partial charge in [-0.2, -0.15) is 0 Å². The van der Waals surface area contributed by atoms with Crippen LogP contribution in [0.2, 0.25) is 0 Å². The topological polar surface area (TPSA) is 37.3 Å². The lowest BCUT2D eigenvalue weighted by Gasteiger charge is -2.61. The second kappa shape index (κ2) is 6.82. The Hall–Kier alpha value is -0.530. The first-order valence-corrected chi connectivity index (χ1v) is 11.6. The summed E-state index contributed by atoms with van der Waals surface area (Å²) >= 11 is 0. The van der Waals surface area contributed by atoms with Crippen molar-refractivity contribution in [2.75, 3.05) is 0 Å². The van der Waals surface area contributed by atoms with Crippen molar-refractivity contribution >= 4 is 5.97 Å². The van der Waals surface area contributed by atoms with Crippen LogP contribution in [0, 0.1) is 46.3 Å². The molecule has 8 atom stereocenters. The van der Waals surface area contributed by atoms with Gasteiger partial charge >= 0.3 is 5.97 Å². The summed E-state index contributed by atoms with van der Waals surface area (Å²) in [4.78, 5) is 11.0. The molecule has 0 aromatic rings. The molecule has 0 aromatic heterocycles. The molecule has 0 amide bonds. The number of aliphatic carboxylic acids is 1. The summed E-state index contributed by atoms with van der Waals surface area (Å²) in [5.41, 5.74) is 1.12. The van der Waals surface area contributed by atoms with Crippen LogP contribution in [0.4, 0.5) is 0 Å². The van der Waals surface area contributed by atoms with Gasteiger partial charge in [0.1, 0.15) is 0 Å². The lowest BCUT2D eigenvalue weighted by atomic mass is 9.44. The standard InChI is InChI=1S/C24H40O2/c1-16(7-12-22(25)26)19-10-11-20-18-9-8-17-6-4-5-14-23(17,2)21(18)13-15-24(19,20)3/h16-21H,4-15H2,1-3H3,(H,25,26)/t16-,17+,18+,19-,20+,21+,23-,24+/m0/s1. The zero-order chi connectivity index (χ0) is 18.5. The summed E-state index contributed by atoms with van der Waals surface area (Å²) in [5.74, 6) is 4.57. The van der Waals surface area contributed by atoms with E-state index in [0.29, 0.717) is 23.2 Å². The third-order valence-electron chi connectivity index (χ3n) is 10.2. The highest BCUT2D eigenvalue weighted by Gasteiger charge is 2.60. The number of carboxylic acids is 1. The second-order valence-electron chi connectivity index (χ2n) is 11.0. The van der Waals surface area contributed by atoms with E-state index in [0.717, 1.165) is 36.0 Å². The summed E-state index contributed by atoms with van der Waals surface area (Å²) in [6.45, 7) is 7.60. The van der Waals surface area contributed by atoms with E-state index in [1.165, 1.54) is 64.2 Å². The average Bonchev–Trinajstić information content (AvgIpc) is 2.96. The first kappa shape index (κ1) is 18.8. The first-order chi connectivity index (χ1) is 12.4. The van der Waals surface area contributed by atoms with Crippen LogP contribution in [0.25, 0.3) is 0 Å². The van der Waals surface area contributed by atoms with Crippen LogP contribution < -0.4 is 0 Å². The molecule has 26 heavy (non-hydrogen) atoms. The molecule has 0 aliphatic heterocycles. The fraction of sp³-hybridized carbons (Fsp3) is 0.958. The van der Waals surface area contributed by atoms with Crippen molar-refractivity contribution in [2.45, 2.75) is 97.8 Å². The molecule has 0 heterocycles. The Labute approximate surface area is 160 Å². The van der Waals surface area contributed by atoms with Crippen LogP contribution in [-0.4, -0.2) is 11.1 Å². The molecule has 2 nitrogen and oxygen atoms in total. The molecule has 1 N–H and O–H groups in total. The molecule has 148 valence electrons. The summed E-state index contributed by atoms with van der Waals surface area (Å²) in [6, 6.07) is 0. The molecule has 4 saturated carbocycles. The Morgan fingerprint density at radius 2 is 1.73 bits per heavy atom. The summed E-state index contributed by atoms with van der Waals surface area (Å²) in [7, 11) is 0. The summed E-state index contributed by atoms with van der Waals surface area (Å²) < 4.78 is 0. The normalized spacial score (nSPS) is 49.0. The van der Waals surface area contributed by atoms with E-state index in [1.807, 2.05) is 0 Å². The highest BCUT2D eigenvalue weighted by Crippen LogP contribution is 2.68. The van der Waals surface area contributed by atoms with Gasteiger partial charge in [0, 0.05) is 6.42 Å². The Morgan fingerprint density at radius 3 is 2.50 bits per heavy atom. The van der Waals surface area contributed by atoms with E-state index >= 15 is 0 Å². The van der Waals surface area contributed by atoms with Crippen LogP contribution >= 0.6 is 0 Å². The highest BCUT2D eigenvalue weighted by atomic mass is 16.4. The van der Waals surface area contributed by atoms with E-state index in [1.54, 1.807) is 0 Å².